The van der Waals surface area contributed by atoms with Crippen LogP contribution in [0.1, 0.15) is 15.2 Å². The predicted molar refractivity (Wildman–Crippen MR) is 79.5 cm³/mol. The number of nitrogens with one attached hydrogen (secondary N) is 2. The lowest BCUT2D eigenvalue weighted by Crippen LogP contribution is -3.04. The molecule has 0 aromatic carbocycles. The Balaban J connectivity index is 0.00000220. The van der Waals surface area contributed by atoms with Crippen LogP contribution in [0.4, 0.5) is 5.69 Å². The van der Waals surface area contributed by atoms with Gasteiger partial charge in [0.15, 0.2) is 6.34 Å². The summed E-state index contributed by atoms with van der Waals surface area (Å²) in [5.41, 5.74) is 1.14. The summed E-state index contributed by atoms with van der Waals surface area (Å²) in [5, 5.41) is 0.785. The Kier molecular flexibility index (Phi) is 5.65. The van der Waals surface area contributed by atoms with Crippen LogP contribution in [0.5, 0.6) is 0 Å². The molecule has 0 radical (unpaired) electrons. The van der Waals surface area contributed by atoms with Crippen molar-refractivity contribution < 1.29 is 26.8 Å². The standard InChI is InChI=1S/C13H15N3O3S.ClH/c1-7-5-8(17)15-12-9(7)10(14-6-16(2)3)11(20-12)13(18)19-4;/h5-6H,1-4H3,(H,15,17);1H. The maximum atomic E-state index is 11.9. The Hall–Kier alpha value is -1.70. The highest BCUT2D eigenvalue weighted by Gasteiger charge is 2.21. The number of nitrogens with zero attached hydrogens (tertiary/aromatic N) is 1. The number of methoxy groups -OCH3 is 1. The first-order chi connectivity index (χ1) is 9.43. The van der Waals surface area contributed by atoms with Gasteiger partial charge in [-0.1, -0.05) is 0 Å². The molecule has 2 N–H and O–H groups in total. The fourth-order valence-electron chi connectivity index (χ4n) is 1.84. The zero-order valence-corrected chi connectivity index (χ0v) is 13.7. The first-order valence-corrected chi connectivity index (χ1v) is 6.84. The van der Waals surface area contributed by atoms with Crippen LogP contribution in [0.2, 0.25) is 0 Å². The summed E-state index contributed by atoms with van der Waals surface area (Å²) in [5.74, 6) is -0.452. The lowest BCUT2D eigenvalue weighted by molar-refractivity contribution is -0.750. The van der Waals surface area contributed by atoms with Crippen molar-refractivity contribution in [2.45, 2.75) is 6.92 Å². The SMILES string of the molecule is COC(=O)c1sc2[nH]c(=O)cc(C)c2c1N=C[NH+](C)C.[Cl-]. The molecular weight excluding hydrogens is 314 g/mol. The highest BCUT2D eigenvalue weighted by molar-refractivity contribution is 7.21. The molecule has 0 aliphatic carbocycles. The molecule has 2 rings (SSSR count). The molecule has 21 heavy (non-hydrogen) atoms. The monoisotopic (exact) mass is 329 g/mol. The molecule has 0 aliphatic rings. The van der Waals surface area contributed by atoms with E-state index in [-0.39, 0.29) is 18.0 Å². The number of esters is 1. The molecule has 2 aromatic heterocycles. The minimum absolute atomic E-state index is 0. The lowest BCUT2D eigenvalue weighted by atomic mass is 10.2. The molecular formula is C13H16ClN3O3S. The van der Waals surface area contributed by atoms with Crippen LogP contribution in [0, 0.1) is 6.92 Å². The van der Waals surface area contributed by atoms with Gasteiger partial charge in [0.25, 0.3) is 0 Å². The van der Waals surface area contributed by atoms with Gasteiger partial charge in [0.05, 0.1) is 21.2 Å². The number of aryl methyl sites for hydroxylation is 1. The first-order valence-electron chi connectivity index (χ1n) is 6.03. The highest BCUT2D eigenvalue weighted by Crippen LogP contribution is 2.38. The van der Waals surface area contributed by atoms with Crippen molar-refractivity contribution in [1.82, 2.24) is 4.98 Å². The fourth-order valence-corrected chi connectivity index (χ4v) is 2.97. The number of quaternary nitrogens is 1. The number of halogens is 1. The zero-order valence-electron chi connectivity index (χ0n) is 12.1. The molecule has 0 unspecified atom stereocenters. The zero-order chi connectivity index (χ0) is 14.9. The van der Waals surface area contributed by atoms with Gasteiger partial charge in [-0.2, -0.15) is 0 Å². The number of aromatic amines is 1. The number of thiophene rings is 1. The normalized spacial score (nSPS) is 11.1. The summed E-state index contributed by atoms with van der Waals surface area (Å²) < 4.78 is 4.78. The molecule has 2 aromatic rings. The number of ether oxygens (including phenoxy) is 1. The largest absolute Gasteiger partial charge is 1.00 e. The summed E-state index contributed by atoms with van der Waals surface area (Å²) in [6.07, 6.45) is 1.69. The second-order valence-corrected chi connectivity index (χ2v) is 5.65. The van der Waals surface area contributed by atoms with E-state index < -0.39 is 5.97 Å². The van der Waals surface area contributed by atoms with Gasteiger partial charge in [-0.15, -0.1) is 11.3 Å². The number of hydrogen-bond acceptors (Lipinski definition) is 5. The Bertz CT molecular complexity index is 749. The number of hydrogen-bond donors (Lipinski definition) is 2. The van der Waals surface area contributed by atoms with Gasteiger partial charge in [0.1, 0.15) is 15.4 Å². The fraction of sp³-hybridized carbons (Fsp3) is 0.308. The Morgan fingerprint density at radius 1 is 1.48 bits per heavy atom. The smallest absolute Gasteiger partial charge is 0.350 e. The summed E-state index contributed by atoms with van der Waals surface area (Å²) >= 11 is 1.18. The number of carbonyl (C=O) groups is 1. The number of rotatable bonds is 3. The van der Waals surface area contributed by atoms with Crippen LogP contribution in [0.15, 0.2) is 15.9 Å². The minimum Gasteiger partial charge on any atom is -1.00 e. The van der Waals surface area contributed by atoms with Crippen molar-refractivity contribution in [2.75, 3.05) is 21.2 Å². The second-order valence-electron chi connectivity index (χ2n) is 4.63. The number of H-pyrrole nitrogens is 1. The summed E-state index contributed by atoms with van der Waals surface area (Å²) in [6, 6.07) is 1.50. The van der Waals surface area contributed by atoms with Crippen molar-refractivity contribution in [2.24, 2.45) is 4.99 Å². The summed E-state index contributed by atoms with van der Waals surface area (Å²) in [6.45, 7) is 1.83. The molecule has 0 saturated carbocycles. The van der Waals surface area contributed by atoms with Crippen molar-refractivity contribution in [3.63, 3.8) is 0 Å². The maximum absolute atomic E-state index is 11.9. The number of pyridine rings is 1. The van der Waals surface area contributed by atoms with Crippen LogP contribution >= 0.6 is 11.3 Å². The van der Waals surface area contributed by atoms with E-state index in [9.17, 15) is 9.59 Å². The van der Waals surface area contributed by atoms with E-state index in [2.05, 4.69) is 9.98 Å². The average Bonchev–Trinajstić information content (AvgIpc) is 2.73. The average molecular weight is 330 g/mol. The van der Waals surface area contributed by atoms with Gasteiger partial charge in [-0.25, -0.2) is 9.79 Å². The molecule has 8 heteroatoms. The predicted octanol–water partition coefficient (Wildman–Crippen LogP) is -2.51. The Morgan fingerprint density at radius 3 is 2.71 bits per heavy atom. The molecule has 0 bridgehead atoms. The second kappa shape index (κ2) is 6.84. The van der Waals surface area contributed by atoms with E-state index in [0.717, 1.165) is 15.8 Å². The first kappa shape index (κ1) is 17.4. The van der Waals surface area contributed by atoms with Crippen molar-refractivity contribution in [3.8, 4) is 0 Å². The molecule has 0 spiro atoms. The number of carbonyl (C=O) groups excluding carboxylic acids is 1. The number of aliphatic imine (C=N–C) groups is 1. The Morgan fingerprint density at radius 2 is 2.14 bits per heavy atom. The molecule has 6 nitrogen and oxygen atoms in total. The topological polar surface area (TPSA) is 76.0 Å². The van der Waals surface area contributed by atoms with Crippen molar-refractivity contribution in [1.29, 1.82) is 0 Å². The summed E-state index contributed by atoms with van der Waals surface area (Å²) in [4.78, 5) is 32.5. The van der Waals surface area contributed by atoms with Crippen LogP contribution in [-0.2, 0) is 4.74 Å². The number of fused-ring (bicyclic) bond motifs is 1. The highest BCUT2D eigenvalue weighted by atomic mass is 35.5. The molecule has 2 heterocycles. The molecule has 114 valence electrons. The van der Waals surface area contributed by atoms with Crippen molar-refractivity contribution >= 4 is 39.5 Å². The van der Waals surface area contributed by atoms with Gasteiger partial charge >= 0.3 is 5.97 Å². The van der Waals surface area contributed by atoms with E-state index in [1.807, 2.05) is 21.0 Å². The third-order valence-corrected chi connectivity index (χ3v) is 3.76. The third-order valence-electron chi connectivity index (χ3n) is 2.68. The minimum atomic E-state index is -0.452. The third kappa shape index (κ3) is 3.49. The van der Waals surface area contributed by atoms with Crippen LogP contribution in [0.3, 0.4) is 0 Å². The quantitative estimate of drug-likeness (QED) is 0.371. The van der Waals surface area contributed by atoms with Gasteiger partial charge in [-0.05, 0) is 12.5 Å². The number of aromatic nitrogens is 1. The van der Waals surface area contributed by atoms with Crippen LogP contribution in [-0.4, -0.2) is 38.5 Å². The van der Waals surface area contributed by atoms with E-state index in [1.54, 1.807) is 6.34 Å². The maximum Gasteiger partial charge on any atom is 0.350 e. The molecule has 0 fully saturated rings. The summed E-state index contributed by atoms with van der Waals surface area (Å²) in [7, 11) is 5.17. The van der Waals surface area contributed by atoms with E-state index in [0.29, 0.717) is 15.4 Å². The molecule has 0 amide bonds. The van der Waals surface area contributed by atoms with Crippen molar-refractivity contribution in [3.05, 3.63) is 26.9 Å². The van der Waals surface area contributed by atoms with E-state index >= 15 is 0 Å². The molecule has 0 atom stereocenters. The molecule has 0 saturated heterocycles. The van der Waals surface area contributed by atoms with E-state index in [4.69, 9.17) is 4.74 Å². The van der Waals surface area contributed by atoms with Crippen LogP contribution in [0.25, 0.3) is 10.2 Å². The van der Waals surface area contributed by atoms with Gasteiger partial charge < -0.3 is 22.1 Å². The van der Waals surface area contributed by atoms with Crippen LogP contribution < -0.4 is 22.9 Å². The lowest BCUT2D eigenvalue weighted by Gasteiger charge is -2.00. The van der Waals surface area contributed by atoms with Gasteiger partial charge in [-0.3, -0.25) is 9.69 Å². The van der Waals surface area contributed by atoms with Gasteiger partial charge in [0, 0.05) is 11.5 Å². The Labute approximate surface area is 131 Å². The van der Waals surface area contributed by atoms with Gasteiger partial charge in [0.2, 0.25) is 5.56 Å². The van der Waals surface area contributed by atoms with E-state index in [1.165, 1.54) is 24.5 Å². The molecule has 0 aliphatic heterocycles.